The maximum Gasteiger partial charge on any atom is 0.309 e. The lowest BCUT2D eigenvalue weighted by Gasteiger charge is -2.11. The van der Waals surface area contributed by atoms with Gasteiger partial charge in [0.25, 0.3) is 0 Å². The molecule has 0 spiro atoms. The highest BCUT2D eigenvalue weighted by molar-refractivity contribution is 5.72. The Labute approximate surface area is 111 Å². The summed E-state index contributed by atoms with van der Waals surface area (Å²) in [7, 11) is 3.00. The third-order valence-electron chi connectivity index (χ3n) is 2.90. The zero-order chi connectivity index (χ0) is 13.7. The van der Waals surface area contributed by atoms with Crippen LogP contribution in [0.4, 0.5) is 0 Å². The molecule has 5 heteroatoms. The van der Waals surface area contributed by atoms with E-state index in [0.717, 1.165) is 11.1 Å². The monoisotopic (exact) mass is 260 g/mol. The number of methoxy groups -OCH3 is 2. The van der Waals surface area contributed by atoms with E-state index >= 15 is 0 Å². The second kappa shape index (κ2) is 6.04. The highest BCUT2D eigenvalue weighted by Crippen LogP contribution is 2.16. The molecule has 0 saturated carbocycles. The number of carbonyl (C=O) groups excluding carboxylic acids is 1. The van der Waals surface area contributed by atoms with Crippen molar-refractivity contribution < 1.29 is 14.3 Å². The summed E-state index contributed by atoms with van der Waals surface area (Å²) in [5, 5.41) is 0. The van der Waals surface area contributed by atoms with Crippen LogP contribution in [0.2, 0.25) is 0 Å². The van der Waals surface area contributed by atoms with Crippen molar-refractivity contribution in [2.75, 3.05) is 14.2 Å². The van der Waals surface area contributed by atoms with Crippen LogP contribution in [0, 0.1) is 0 Å². The van der Waals surface area contributed by atoms with E-state index in [9.17, 15) is 4.79 Å². The first-order valence-electron chi connectivity index (χ1n) is 5.92. The molecule has 19 heavy (non-hydrogen) atoms. The predicted molar refractivity (Wildman–Crippen MR) is 70.0 cm³/mol. The average molecular weight is 260 g/mol. The van der Waals surface area contributed by atoms with Crippen LogP contribution in [0.25, 0.3) is 0 Å². The molecule has 1 aromatic carbocycles. The fraction of sp³-hybridized carbons (Fsp3) is 0.286. The van der Waals surface area contributed by atoms with Gasteiger partial charge in [-0.25, -0.2) is 4.98 Å². The molecular weight excluding hydrogens is 244 g/mol. The minimum absolute atomic E-state index is 0.245. The van der Waals surface area contributed by atoms with Crippen molar-refractivity contribution in [2.45, 2.75) is 13.0 Å². The molecule has 0 radical (unpaired) electrons. The molecule has 0 N–H and O–H groups in total. The molecule has 100 valence electrons. The Morgan fingerprint density at radius 2 is 2.00 bits per heavy atom. The maximum atomic E-state index is 11.4. The van der Waals surface area contributed by atoms with E-state index in [-0.39, 0.29) is 12.4 Å². The smallest absolute Gasteiger partial charge is 0.309 e. The lowest BCUT2D eigenvalue weighted by atomic mass is 10.0. The first-order chi connectivity index (χ1) is 9.24. The number of benzene rings is 1. The van der Waals surface area contributed by atoms with Gasteiger partial charge in [0.2, 0.25) is 5.88 Å². The standard InChI is InChI=1S/C14H16N2O3/c1-18-13-8-15-10-16(13)9-12-6-4-3-5-11(12)7-14(17)19-2/h3-6,8,10H,7,9H2,1-2H3. The SMILES string of the molecule is COC(=O)Cc1ccccc1Cn1cncc1OC. The summed E-state index contributed by atoms with van der Waals surface area (Å²) >= 11 is 0. The summed E-state index contributed by atoms with van der Waals surface area (Å²) in [6.07, 6.45) is 3.63. The van der Waals surface area contributed by atoms with Crippen molar-refractivity contribution in [3.05, 3.63) is 47.9 Å². The molecule has 0 amide bonds. The van der Waals surface area contributed by atoms with E-state index in [0.29, 0.717) is 12.4 Å². The quantitative estimate of drug-likeness (QED) is 0.767. The van der Waals surface area contributed by atoms with Crippen LogP contribution in [0.15, 0.2) is 36.8 Å². The van der Waals surface area contributed by atoms with Crippen LogP contribution in [0.3, 0.4) is 0 Å². The van der Waals surface area contributed by atoms with Crippen molar-refractivity contribution in [1.29, 1.82) is 0 Å². The molecule has 0 aliphatic rings. The van der Waals surface area contributed by atoms with Gasteiger partial charge in [-0.3, -0.25) is 9.36 Å². The summed E-state index contributed by atoms with van der Waals surface area (Å²) in [6, 6.07) is 7.76. The lowest BCUT2D eigenvalue weighted by Crippen LogP contribution is -2.09. The zero-order valence-corrected chi connectivity index (χ0v) is 11.0. The Morgan fingerprint density at radius 1 is 1.26 bits per heavy atom. The van der Waals surface area contributed by atoms with E-state index in [1.807, 2.05) is 28.8 Å². The summed E-state index contributed by atoms with van der Waals surface area (Å²) < 4.78 is 11.8. The van der Waals surface area contributed by atoms with Gasteiger partial charge in [-0.1, -0.05) is 24.3 Å². The van der Waals surface area contributed by atoms with E-state index in [1.54, 1.807) is 19.6 Å². The number of esters is 1. The molecule has 0 bridgehead atoms. The maximum absolute atomic E-state index is 11.4. The Kier molecular flexibility index (Phi) is 4.18. The average Bonchev–Trinajstić information content (AvgIpc) is 2.88. The van der Waals surface area contributed by atoms with Gasteiger partial charge in [0.1, 0.15) is 0 Å². The molecule has 2 rings (SSSR count). The summed E-state index contributed by atoms with van der Waals surface area (Å²) in [4.78, 5) is 15.4. The van der Waals surface area contributed by atoms with Gasteiger partial charge in [-0.2, -0.15) is 0 Å². The number of nitrogens with zero attached hydrogens (tertiary/aromatic N) is 2. The first-order valence-corrected chi connectivity index (χ1v) is 5.92. The minimum Gasteiger partial charge on any atom is -0.481 e. The highest BCUT2D eigenvalue weighted by atomic mass is 16.5. The molecule has 0 atom stereocenters. The van der Waals surface area contributed by atoms with Crippen molar-refractivity contribution in [3.63, 3.8) is 0 Å². The largest absolute Gasteiger partial charge is 0.481 e. The molecule has 0 fully saturated rings. The van der Waals surface area contributed by atoms with Gasteiger partial charge >= 0.3 is 5.97 Å². The van der Waals surface area contributed by atoms with Crippen LogP contribution < -0.4 is 4.74 Å². The first kappa shape index (κ1) is 13.1. The number of ether oxygens (including phenoxy) is 2. The molecule has 2 aromatic rings. The van der Waals surface area contributed by atoms with Crippen molar-refractivity contribution in [1.82, 2.24) is 9.55 Å². The second-order valence-corrected chi connectivity index (χ2v) is 4.09. The zero-order valence-electron chi connectivity index (χ0n) is 11.0. The number of aromatic nitrogens is 2. The number of hydrogen-bond donors (Lipinski definition) is 0. The topological polar surface area (TPSA) is 53.4 Å². The Morgan fingerprint density at radius 3 is 2.68 bits per heavy atom. The molecule has 1 aromatic heterocycles. The normalized spacial score (nSPS) is 10.2. The highest BCUT2D eigenvalue weighted by Gasteiger charge is 2.09. The van der Waals surface area contributed by atoms with Gasteiger partial charge in [0.15, 0.2) is 0 Å². The fourth-order valence-electron chi connectivity index (χ4n) is 1.89. The molecule has 0 unspecified atom stereocenters. The molecule has 5 nitrogen and oxygen atoms in total. The number of imidazole rings is 1. The molecule has 1 heterocycles. The van der Waals surface area contributed by atoms with Gasteiger partial charge in [0, 0.05) is 0 Å². The number of hydrogen-bond acceptors (Lipinski definition) is 4. The van der Waals surface area contributed by atoms with E-state index in [2.05, 4.69) is 4.98 Å². The van der Waals surface area contributed by atoms with E-state index < -0.39 is 0 Å². The summed E-state index contributed by atoms with van der Waals surface area (Å²) in [5.74, 6) is 0.443. The predicted octanol–water partition coefficient (Wildman–Crippen LogP) is 1.66. The van der Waals surface area contributed by atoms with Gasteiger partial charge in [0.05, 0.1) is 39.7 Å². The Hall–Kier alpha value is -2.30. The van der Waals surface area contributed by atoms with Crippen molar-refractivity contribution in [2.24, 2.45) is 0 Å². The van der Waals surface area contributed by atoms with Crippen LogP contribution in [-0.2, 0) is 22.5 Å². The summed E-state index contributed by atoms with van der Waals surface area (Å²) in [6.45, 7) is 0.607. The van der Waals surface area contributed by atoms with Gasteiger partial charge < -0.3 is 9.47 Å². The van der Waals surface area contributed by atoms with Crippen molar-refractivity contribution >= 4 is 5.97 Å². The molecular formula is C14H16N2O3. The second-order valence-electron chi connectivity index (χ2n) is 4.09. The van der Waals surface area contributed by atoms with Crippen LogP contribution >= 0.6 is 0 Å². The van der Waals surface area contributed by atoms with Crippen LogP contribution in [-0.4, -0.2) is 29.7 Å². The fourth-order valence-corrected chi connectivity index (χ4v) is 1.89. The van der Waals surface area contributed by atoms with Gasteiger partial charge in [-0.15, -0.1) is 0 Å². The third kappa shape index (κ3) is 3.13. The minimum atomic E-state index is -0.245. The molecule has 0 saturated heterocycles. The molecule has 0 aliphatic carbocycles. The van der Waals surface area contributed by atoms with E-state index in [1.165, 1.54) is 7.11 Å². The number of rotatable bonds is 5. The third-order valence-corrected chi connectivity index (χ3v) is 2.90. The Balaban J connectivity index is 2.22. The lowest BCUT2D eigenvalue weighted by molar-refractivity contribution is -0.139. The van der Waals surface area contributed by atoms with Crippen LogP contribution in [0.5, 0.6) is 5.88 Å². The van der Waals surface area contributed by atoms with Crippen LogP contribution in [0.1, 0.15) is 11.1 Å². The van der Waals surface area contributed by atoms with Crippen molar-refractivity contribution in [3.8, 4) is 5.88 Å². The Bertz CT molecular complexity index is 563. The number of carbonyl (C=O) groups is 1. The van der Waals surface area contributed by atoms with Gasteiger partial charge in [-0.05, 0) is 11.1 Å². The summed E-state index contributed by atoms with van der Waals surface area (Å²) in [5.41, 5.74) is 1.99. The van der Waals surface area contributed by atoms with E-state index in [4.69, 9.17) is 9.47 Å². The molecule has 0 aliphatic heterocycles.